The molecule has 2 N–H and O–H groups in total. The molecule has 1 heterocycles. The molecular formula is C12H24N2O2. The van der Waals surface area contributed by atoms with Crippen LogP contribution in [0.5, 0.6) is 0 Å². The molecule has 0 aromatic carbocycles. The predicted octanol–water partition coefficient (Wildman–Crippen LogP) is 0.775. The third-order valence-electron chi connectivity index (χ3n) is 2.79. The van der Waals surface area contributed by atoms with Crippen LogP contribution in [0.25, 0.3) is 0 Å². The third-order valence-corrected chi connectivity index (χ3v) is 2.79. The van der Waals surface area contributed by atoms with Gasteiger partial charge in [-0.3, -0.25) is 4.79 Å². The van der Waals surface area contributed by atoms with Gasteiger partial charge in [-0.2, -0.15) is 0 Å². The quantitative estimate of drug-likeness (QED) is 0.677. The highest BCUT2D eigenvalue weighted by molar-refractivity contribution is 5.77. The van der Waals surface area contributed by atoms with E-state index in [1.165, 1.54) is 0 Å². The molecule has 0 spiro atoms. The van der Waals surface area contributed by atoms with Gasteiger partial charge in [0.25, 0.3) is 0 Å². The highest BCUT2D eigenvalue weighted by Crippen LogP contribution is 2.10. The number of nitrogens with one attached hydrogen (secondary N) is 2. The summed E-state index contributed by atoms with van der Waals surface area (Å²) in [6, 6.07) is 0. The molecule has 1 rings (SSSR count). The lowest BCUT2D eigenvalue weighted by atomic mass is 10.1. The maximum Gasteiger partial charge on any atom is 0.233 e. The van der Waals surface area contributed by atoms with Crippen molar-refractivity contribution in [2.75, 3.05) is 32.8 Å². The number of carbonyl (C=O) groups is 1. The van der Waals surface area contributed by atoms with E-state index in [-0.39, 0.29) is 5.91 Å². The van der Waals surface area contributed by atoms with Gasteiger partial charge in [-0.25, -0.2) is 0 Å². The molecule has 4 nitrogen and oxygen atoms in total. The Hall–Kier alpha value is -0.610. The molecule has 4 heteroatoms. The molecule has 94 valence electrons. The van der Waals surface area contributed by atoms with Gasteiger partial charge in [-0.15, -0.1) is 0 Å². The molecular weight excluding hydrogens is 204 g/mol. The molecule has 1 saturated heterocycles. The lowest BCUT2D eigenvalue weighted by molar-refractivity contribution is -0.120. The average Bonchev–Trinajstić information content (AvgIpc) is 2.70. The molecule has 1 aliphatic rings. The second-order valence-corrected chi connectivity index (χ2v) is 4.89. The van der Waals surface area contributed by atoms with Gasteiger partial charge in [0.2, 0.25) is 5.91 Å². The van der Waals surface area contributed by atoms with Crippen LogP contribution in [0, 0.1) is 11.8 Å². The number of hydrogen-bond donors (Lipinski definition) is 2. The molecule has 1 atom stereocenters. The summed E-state index contributed by atoms with van der Waals surface area (Å²) < 4.78 is 5.27. The highest BCUT2D eigenvalue weighted by Gasteiger charge is 2.15. The van der Waals surface area contributed by atoms with E-state index in [1.54, 1.807) is 0 Å². The van der Waals surface area contributed by atoms with Gasteiger partial charge in [-0.05, 0) is 24.7 Å². The van der Waals surface area contributed by atoms with Crippen LogP contribution in [0.4, 0.5) is 0 Å². The van der Waals surface area contributed by atoms with E-state index < -0.39 is 0 Å². The van der Waals surface area contributed by atoms with E-state index in [0.717, 1.165) is 39.1 Å². The molecule has 1 fully saturated rings. The molecule has 0 radical (unpaired) electrons. The minimum atomic E-state index is 0.0968. The van der Waals surface area contributed by atoms with E-state index in [4.69, 9.17) is 4.74 Å². The zero-order valence-corrected chi connectivity index (χ0v) is 10.4. The highest BCUT2D eigenvalue weighted by atomic mass is 16.5. The fourth-order valence-electron chi connectivity index (χ4n) is 1.70. The van der Waals surface area contributed by atoms with Gasteiger partial charge in [0.1, 0.15) is 0 Å². The summed E-state index contributed by atoms with van der Waals surface area (Å²) in [6.45, 7) is 8.11. The van der Waals surface area contributed by atoms with Crippen LogP contribution in [0.15, 0.2) is 0 Å². The molecule has 0 aliphatic carbocycles. The van der Waals surface area contributed by atoms with Gasteiger partial charge in [0.05, 0.1) is 13.2 Å². The second-order valence-electron chi connectivity index (χ2n) is 4.89. The van der Waals surface area contributed by atoms with Crippen molar-refractivity contribution in [3.63, 3.8) is 0 Å². The van der Waals surface area contributed by atoms with Gasteiger partial charge < -0.3 is 15.4 Å². The fraction of sp³-hybridized carbons (Fsp3) is 0.917. The molecule has 0 aromatic rings. The van der Waals surface area contributed by atoms with Crippen LogP contribution in [-0.4, -0.2) is 38.8 Å². The van der Waals surface area contributed by atoms with Crippen molar-refractivity contribution < 1.29 is 9.53 Å². The molecule has 0 aromatic heterocycles. The monoisotopic (exact) mass is 228 g/mol. The molecule has 1 amide bonds. The minimum Gasteiger partial charge on any atom is -0.381 e. The van der Waals surface area contributed by atoms with Crippen LogP contribution in [0.1, 0.15) is 26.7 Å². The maximum absolute atomic E-state index is 11.4. The summed E-state index contributed by atoms with van der Waals surface area (Å²) in [5, 5.41) is 6.08. The second kappa shape index (κ2) is 7.63. The zero-order valence-electron chi connectivity index (χ0n) is 10.4. The Labute approximate surface area is 98.1 Å². The van der Waals surface area contributed by atoms with Crippen molar-refractivity contribution in [2.45, 2.75) is 26.7 Å². The Morgan fingerprint density at radius 3 is 2.94 bits per heavy atom. The maximum atomic E-state index is 11.4. The lowest BCUT2D eigenvalue weighted by Crippen LogP contribution is -2.36. The normalized spacial score (nSPS) is 20.3. The van der Waals surface area contributed by atoms with Crippen molar-refractivity contribution in [1.82, 2.24) is 10.6 Å². The van der Waals surface area contributed by atoms with Crippen LogP contribution in [0.3, 0.4) is 0 Å². The standard InChI is InChI=1S/C12H24N2O2/c1-10(2)3-5-14-12(15)8-13-7-11-4-6-16-9-11/h10-11,13H,3-9H2,1-2H3,(H,14,15). The van der Waals surface area contributed by atoms with Gasteiger partial charge in [0, 0.05) is 19.7 Å². The van der Waals surface area contributed by atoms with Crippen molar-refractivity contribution >= 4 is 5.91 Å². The summed E-state index contributed by atoms with van der Waals surface area (Å²) in [6.07, 6.45) is 2.16. The Morgan fingerprint density at radius 1 is 1.50 bits per heavy atom. The number of amides is 1. The van der Waals surface area contributed by atoms with E-state index in [2.05, 4.69) is 24.5 Å². The summed E-state index contributed by atoms with van der Waals surface area (Å²) >= 11 is 0. The summed E-state index contributed by atoms with van der Waals surface area (Å²) in [7, 11) is 0. The summed E-state index contributed by atoms with van der Waals surface area (Å²) in [4.78, 5) is 11.4. The van der Waals surface area contributed by atoms with E-state index in [9.17, 15) is 4.79 Å². The largest absolute Gasteiger partial charge is 0.381 e. The Balaban J connectivity index is 1.93. The first-order valence-corrected chi connectivity index (χ1v) is 6.23. The third kappa shape index (κ3) is 6.08. The molecule has 0 saturated carbocycles. The lowest BCUT2D eigenvalue weighted by Gasteiger charge is -2.10. The summed E-state index contributed by atoms with van der Waals surface area (Å²) in [5.41, 5.74) is 0. The topological polar surface area (TPSA) is 50.4 Å². The zero-order chi connectivity index (χ0) is 11.8. The number of rotatable bonds is 7. The first-order chi connectivity index (χ1) is 7.68. The van der Waals surface area contributed by atoms with Crippen LogP contribution >= 0.6 is 0 Å². The average molecular weight is 228 g/mol. The number of hydrogen-bond acceptors (Lipinski definition) is 3. The SMILES string of the molecule is CC(C)CCNC(=O)CNCC1CCOC1. The first kappa shape index (κ1) is 13.5. The minimum absolute atomic E-state index is 0.0968. The molecule has 16 heavy (non-hydrogen) atoms. The van der Waals surface area contributed by atoms with E-state index >= 15 is 0 Å². The Kier molecular flexibility index (Phi) is 6.42. The van der Waals surface area contributed by atoms with Gasteiger partial charge in [0.15, 0.2) is 0 Å². The first-order valence-electron chi connectivity index (χ1n) is 6.23. The van der Waals surface area contributed by atoms with Crippen molar-refractivity contribution in [3.05, 3.63) is 0 Å². The molecule has 1 aliphatic heterocycles. The van der Waals surface area contributed by atoms with Gasteiger partial charge in [-0.1, -0.05) is 13.8 Å². The van der Waals surface area contributed by atoms with Crippen LogP contribution in [0.2, 0.25) is 0 Å². The van der Waals surface area contributed by atoms with Crippen molar-refractivity contribution in [1.29, 1.82) is 0 Å². The van der Waals surface area contributed by atoms with Crippen molar-refractivity contribution in [2.24, 2.45) is 11.8 Å². The van der Waals surface area contributed by atoms with Crippen molar-refractivity contribution in [3.8, 4) is 0 Å². The number of carbonyl (C=O) groups excluding carboxylic acids is 1. The molecule has 1 unspecified atom stereocenters. The molecule has 0 bridgehead atoms. The van der Waals surface area contributed by atoms with Crippen LogP contribution in [-0.2, 0) is 9.53 Å². The smallest absolute Gasteiger partial charge is 0.233 e. The Bertz CT molecular complexity index is 201. The summed E-state index contributed by atoms with van der Waals surface area (Å²) in [5.74, 6) is 1.33. The van der Waals surface area contributed by atoms with Gasteiger partial charge >= 0.3 is 0 Å². The van der Waals surface area contributed by atoms with E-state index in [1.807, 2.05) is 0 Å². The Morgan fingerprint density at radius 2 is 2.31 bits per heavy atom. The van der Waals surface area contributed by atoms with Crippen LogP contribution < -0.4 is 10.6 Å². The fourth-order valence-corrected chi connectivity index (χ4v) is 1.70. The van der Waals surface area contributed by atoms with E-state index in [0.29, 0.717) is 18.4 Å². The predicted molar refractivity (Wildman–Crippen MR) is 64.3 cm³/mol. The number of ether oxygens (including phenoxy) is 1.